The maximum absolute atomic E-state index is 12.1. The predicted molar refractivity (Wildman–Crippen MR) is 59.3 cm³/mol. The smallest absolute Gasteiger partial charge is 0.186 e. The van der Waals surface area contributed by atoms with Crippen molar-refractivity contribution in [2.45, 2.75) is 17.1 Å². The average Bonchev–Trinajstić information content (AvgIpc) is 2.71. The van der Waals surface area contributed by atoms with Crippen molar-refractivity contribution in [1.29, 1.82) is 0 Å². The highest BCUT2D eigenvalue weighted by atomic mass is 32.2. The lowest BCUT2D eigenvalue weighted by atomic mass is 10.2. The molecule has 0 radical (unpaired) electrons. The first-order chi connectivity index (χ1) is 7.10. The Kier molecular flexibility index (Phi) is 2.52. The minimum absolute atomic E-state index is 0.395. The largest absolute Gasteiger partial charge is 0.389 e. The molecular formula is C11H13NO2S. The van der Waals surface area contributed by atoms with Crippen LogP contribution in [0.3, 0.4) is 0 Å². The van der Waals surface area contributed by atoms with E-state index in [1.807, 2.05) is 19.1 Å². The van der Waals surface area contributed by atoms with Crippen molar-refractivity contribution >= 4 is 9.84 Å². The van der Waals surface area contributed by atoms with E-state index in [0.717, 1.165) is 5.56 Å². The van der Waals surface area contributed by atoms with Gasteiger partial charge in [-0.15, -0.1) is 0 Å². The quantitative estimate of drug-likeness (QED) is 0.821. The van der Waals surface area contributed by atoms with Gasteiger partial charge in [0.1, 0.15) is 5.25 Å². The molecular weight excluding hydrogens is 210 g/mol. The molecule has 80 valence electrons. The molecule has 0 saturated heterocycles. The van der Waals surface area contributed by atoms with Crippen LogP contribution in [0.4, 0.5) is 0 Å². The topological polar surface area (TPSA) is 46.2 Å². The molecule has 0 spiro atoms. The third-order valence-electron chi connectivity index (χ3n) is 2.50. The second-order valence-electron chi connectivity index (χ2n) is 3.66. The third-order valence-corrected chi connectivity index (χ3v) is 4.55. The van der Waals surface area contributed by atoms with E-state index in [-0.39, 0.29) is 0 Å². The molecule has 0 aromatic heterocycles. The first-order valence-corrected chi connectivity index (χ1v) is 6.36. The molecule has 1 aliphatic heterocycles. The van der Waals surface area contributed by atoms with E-state index in [1.54, 1.807) is 24.4 Å². The number of aryl methyl sites for hydroxylation is 1. The lowest BCUT2D eigenvalue weighted by Gasteiger charge is -2.09. The van der Waals surface area contributed by atoms with Gasteiger partial charge in [0, 0.05) is 6.54 Å². The number of benzene rings is 1. The molecule has 0 amide bonds. The minimum Gasteiger partial charge on any atom is -0.389 e. The Bertz CT molecular complexity index is 474. The van der Waals surface area contributed by atoms with Crippen LogP contribution in [0.5, 0.6) is 0 Å². The first kappa shape index (κ1) is 10.2. The Hall–Kier alpha value is -1.29. The fraction of sp³-hybridized carbons (Fsp3) is 0.273. The Labute approximate surface area is 89.7 Å². The van der Waals surface area contributed by atoms with E-state index in [1.165, 1.54) is 0 Å². The number of nitrogens with one attached hydrogen (secondary N) is 1. The van der Waals surface area contributed by atoms with Gasteiger partial charge in [-0.3, -0.25) is 0 Å². The summed E-state index contributed by atoms with van der Waals surface area (Å²) in [6.07, 6.45) is 3.38. The lowest BCUT2D eigenvalue weighted by Crippen LogP contribution is -2.24. The molecule has 1 atom stereocenters. The van der Waals surface area contributed by atoms with Gasteiger partial charge in [-0.1, -0.05) is 17.7 Å². The van der Waals surface area contributed by atoms with Crippen LogP contribution < -0.4 is 5.32 Å². The molecule has 1 aromatic rings. The third kappa shape index (κ3) is 1.90. The van der Waals surface area contributed by atoms with Crippen LogP contribution in [0.15, 0.2) is 41.4 Å². The van der Waals surface area contributed by atoms with Gasteiger partial charge >= 0.3 is 0 Å². The van der Waals surface area contributed by atoms with Gasteiger partial charge in [-0.05, 0) is 31.3 Å². The standard InChI is InChI=1S/C11H13NO2S/c1-9-2-4-10(5-3-9)15(13,14)11-6-7-12-8-11/h2-7,11-12H,8H2,1H3. The van der Waals surface area contributed by atoms with Gasteiger partial charge < -0.3 is 5.32 Å². The molecule has 1 N–H and O–H groups in total. The van der Waals surface area contributed by atoms with Gasteiger partial charge in [0.15, 0.2) is 9.84 Å². The van der Waals surface area contributed by atoms with Crippen molar-refractivity contribution in [2.75, 3.05) is 6.54 Å². The molecule has 15 heavy (non-hydrogen) atoms. The summed E-state index contributed by atoms with van der Waals surface area (Å²) in [5.74, 6) is 0. The van der Waals surface area contributed by atoms with E-state index in [9.17, 15) is 8.42 Å². The van der Waals surface area contributed by atoms with Crippen LogP contribution >= 0.6 is 0 Å². The number of hydrogen-bond donors (Lipinski definition) is 1. The summed E-state index contributed by atoms with van der Waals surface area (Å²) < 4.78 is 24.1. The van der Waals surface area contributed by atoms with Crippen molar-refractivity contribution < 1.29 is 8.42 Å². The maximum atomic E-state index is 12.1. The zero-order chi connectivity index (χ0) is 10.9. The lowest BCUT2D eigenvalue weighted by molar-refractivity contribution is 0.588. The van der Waals surface area contributed by atoms with Gasteiger partial charge in [0.25, 0.3) is 0 Å². The molecule has 4 heteroatoms. The molecule has 1 unspecified atom stereocenters. The molecule has 3 nitrogen and oxygen atoms in total. The van der Waals surface area contributed by atoms with Crippen LogP contribution in [0.1, 0.15) is 5.56 Å². The fourth-order valence-corrected chi connectivity index (χ4v) is 3.01. The van der Waals surface area contributed by atoms with E-state index < -0.39 is 15.1 Å². The van der Waals surface area contributed by atoms with Crippen LogP contribution in [0.2, 0.25) is 0 Å². The Morgan fingerprint density at radius 2 is 1.93 bits per heavy atom. The van der Waals surface area contributed by atoms with Crippen molar-refractivity contribution in [3.63, 3.8) is 0 Å². The van der Waals surface area contributed by atoms with E-state index in [2.05, 4.69) is 5.32 Å². The summed E-state index contributed by atoms with van der Waals surface area (Å²) in [5.41, 5.74) is 1.06. The summed E-state index contributed by atoms with van der Waals surface area (Å²) in [5, 5.41) is 2.47. The SMILES string of the molecule is Cc1ccc(S(=O)(=O)C2C=CNC2)cc1. The average molecular weight is 223 g/mol. The van der Waals surface area contributed by atoms with Crippen molar-refractivity contribution in [3.8, 4) is 0 Å². The molecule has 0 bridgehead atoms. The maximum Gasteiger partial charge on any atom is 0.186 e. The molecule has 1 aromatic carbocycles. The summed E-state index contributed by atoms with van der Waals surface area (Å²) in [4.78, 5) is 0.395. The van der Waals surface area contributed by atoms with Crippen LogP contribution in [0, 0.1) is 6.92 Å². The second-order valence-corrected chi connectivity index (χ2v) is 5.83. The zero-order valence-corrected chi connectivity index (χ0v) is 9.29. The van der Waals surface area contributed by atoms with Gasteiger partial charge in [-0.2, -0.15) is 0 Å². The molecule has 1 heterocycles. The van der Waals surface area contributed by atoms with Crippen LogP contribution in [-0.4, -0.2) is 20.2 Å². The summed E-state index contributed by atoms with van der Waals surface area (Å²) in [7, 11) is -3.20. The van der Waals surface area contributed by atoms with Gasteiger partial charge in [0.2, 0.25) is 0 Å². The van der Waals surface area contributed by atoms with Crippen molar-refractivity contribution in [3.05, 3.63) is 42.1 Å². The summed E-state index contributed by atoms with van der Waals surface area (Å²) in [6.45, 7) is 2.41. The Balaban J connectivity index is 2.37. The number of hydrogen-bond acceptors (Lipinski definition) is 3. The Morgan fingerprint density at radius 3 is 2.47 bits per heavy atom. The van der Waals surface area contributed by atoms with E-state index in [0.29, 0.717) is 11.4 Å². The molecule has 1 aliphatic rings. The molecule has 2 rings (SSSR count). The van der Waals surface area contributed by atoms with Crippen LogP contribution in [-0.2, 0) is 9.84 Å². The van der Waals surface area contributed by atoms with Crippen molar-refractivity contribution in [1.82, 2.24) is 5.32 Å². The number of sulfone groups is 1. The van der Waals surface area contributed by atoms with Gasteiger partial charge in [0.05, 0.1) is 4.90 Å². The second kappa shape index (κ2) is 3.70. The zero-order valence-electron chi connectivity index (χ0n) is 8.47. The highest BCUT2D eigenvalue weighted by Crippen LogP contribution is 2.18. The predicted octanol–water partition coefficient (Wildman–Crippen LogP) is 1.25. The minimum atomic E-state index is -3.20. The highest BCUT2D eigenvalue weighted by molar-refractivity contribution is 7.92. The summed E-state index contributed by atoms with van der Waals surface area (Å²) >= 11 is 0. The normalized spacial score (nSPS) is 20.2. The molecule has 0 aliphatic carbocycles. The molecule has 0 saturated carbocycles. The van der Waals surface area contributed by atoms with E-state index in [4.69, 9.17) is 0 Å². The van der Waals surface area contributed by atoms with Gasteiger partial charge in [-0.25, -0.2) is 8.42 Å². The monoisotopic (exact) mass is 223 g/mol. The van der Waals surface area contributed by atoms with Crippen molar-refractivity contribution in [2.24, 2.45) is 0 Å². The first-order valence-electron chi connectivity index (χ1n) is 4.81. The fourth-order valence-electron chi connectivity index (χ4n) is 1.54. The Morgan fingerprint density at radius 1 is 1.27 bits per heavy atom. The summed E-state index contributed by atoms with van der Waals surface area (Å²) in [6, 6.07) is 6.96. The molecule has 0 fully saturated rings. The number of rotatable bonds is 2. The van der Waals surface area contributed by atoms with E-state index >= 15 is 0 Å². The highest BCUT2D eigenvalue weighted by Gasteiger charge is 2.26. The van der Waals surface area contributed by atoms with Crippen LogP contribution in [0.25, 0.3) is 0 Å².